The first-order valence-electron chi connectivity index (χ1n) is 8.80. The number of ether oxygens (including phenoxy) is 1. The van der Waals surface area contributed by atoms with Crippen LogP contribution in [0.25, 0.3) is 0 Å². The molecule has 1 fully saturated rings. The summed E-state index contributed by atoms with van der Waals surface area (Å²) in [6.45, 7) is 0.0543. The van der Waals surface area contributed by atoms with Crippen molar-refractivity contribution in [2.75, 3.05) is 30.5 Å². The van der Waals surface area contributed by atoms with E-state index in [1.54, 1.807) is 6.92 Å². The lowest BCUT2D eigenvalue weighted by Gasteiger charge is -2.28. The third-order valence-electron chi connectivity index (χ3n) is 4.42. The summed E-state index contributed by atoms with van der Waals surface area (Å²) >= 11 is 0. The van der Waals surface area contributed by atoms with E-state index >= 15 is 0 Å². The zero-order valence-corrected chi connectivity index (χ0v) is 15.1. The van der Waals surface area contributed by atoms with Crippen molar-refractivity contribution in [1.82, 2.24) is 5.32 Å². The highest BCUT2D eigenvalue weighted by Crippen LogP contribution is 2.31. The minimum absolute atomic E-state index is 0.212. The Balaban J connectivity index is 1.88. The normalized spacial score (nSPS) is 16.3. The van der Waals surface area contributed by atoms with Crippen molar-refractivity contribution >= 4 is 17.4 Å². The molecule has 5 nitrogen and oxygen atoms in total. The molecule has 2 N–H and O–H groups in total. The molecule has 0 unspecified atom stereocenters. The standard InChI is InChI=1S/C18H26F3N3O2/c1-13(11-26-12-18(19,20)21)22-17(25)23-15-9-5-6-10-16(15)24(2)14-7-3-4-8-14/h5-6,9-10,13-14H,3-4,7-8,11-12H2,1-2H3,(H2,22,23,25)/t13-/m1/s1. The number of urea groups is 1. The van der Waals surface area contributed by atoms with Crippen LogP contribution in [0.5, 0.6) is 0 Å². The SMILES string of the molecule is C[C@H](COCC(F)(F)F)NC(=O)Nc1ccccc1N(C)C1CCCC1. The van der Waals surface area contributed by atoms with E-state index in [1.165, 1.54) is 12.8 Å². The molecule has 26 heavy (non-hydrogen) atoms. The molecule has 0 aliphatic heterocycles. The minimum Gasteiger partial charge on any atom is -0.370 e. The Morgan fingerprint density at radius 1 is 1.31 bits per heavy atom. The highest BCUT2D eigenvalue weighted by atomic mass is 19.4. The Kier molecular flexibility index (Phi) is 7.14. The van der Waals surface area contributed by atoms with Crippen LogP contribution in [-0.4, -0.2) is 44.6 Å². The molecule has 2 rings (SSSR count). The van der Waals surface area contributed by atoms with Crippen LogP contribution in [0.4, 0.5) is 29.3 Å². The van der Waals surface area contributed by atoms with Gasteiger partial charge in [0.05, 0.1) is 24.0 Å². The summed E-state index contributed by atoms with van der Waals surface area (Å²) in [7, 11) is 2.02. The maximum Gasteiger partial charge on any atom is 0.411 e. The van der Waals surface area contributed by atoms with Crippen molar-refractivity contribution in [1.29, 1.82) is 0 Å². The number of nitrogens with zero attached hydrogens (tertiary/aromatic N) is 1. The van der Waals surface area contributed by atoms with Gasteiger partial charge < -0.3 is 20.3 Å². The van der Waals surface area contributed by atoms with Gasteiger partial charge in [0.1, 0.15) is 6.61 Å². The van der Waals surface area contributed by atoms with Crippen LogP contribution in [0.3, 0.4) is 0 Å². The van der Waals surface area contributed by atoms with Crippen molar-refractivity contribution in [2.45, 2.75) is 50.9 Å². The van der Waals surface area contributed by atoms with Gasteiger partial charge in [0, 0.05) is 13.1 Å². The number of amides is 2. The molecule has 1 aliphatic carbocycles. The van der Waals surface area contributed by atoms with Crippen molar-refractivity contribution in [3.8, 4) is 0 Å². The maximum absolute atomic E-state index is 12.2. The van der Waals surface area contributed by atoms with E-state index in [2.05, 4.69) is 20.3 Å². The molecule has 2 amide bonds. The molecule has 0 aromatic heterocycles. The maximum atomic E-state index is 12.2. The van der Waals surface area contributed by atoms with Crippen LogP contribution in [0.15, 0.2) is 24.3 Å². The fourth-order valence-corrected chi connectivity index (χ4v) is 3.15. The van der Waals surface area contributed by atoms with Gasteiger partial charge in [-0.3, -0.25) is 0 Å². The monoisotopic (exact) mass is 373 g/mol. The molecule has 1 aromatic carbocycles. The molecule has 1 atom stereocenters. The highest BCUT2D eigenvalue weighted by molar-refractivity contribution is 5.93. The molecule has 8 heteroatoms. The molecule has 0 bridgehead atoms. The summed E-state index contributed by atoms with van der Waals surface area (Å²) in [6.07, 6.45) is 0.308. The van der Waals surface area contributed by atoms with Gasteiger partial charge in [-0.05, 0) is 31.9 Å². The van der Waals surface area contributed by atoms with Crippen LogP contribution in [0.2, 0.25) is 0 Å². The second-order valence-corrected chi connectivity index (χ2v) is 6.70. The summed E-state index contributed by atoms with van der Waals surface area (Å²) in [6, 6.07) is 6.94. The van der Waals surface area contributed by atoms with Gasteiger partial charge in [-0.2, -0.15) is 13.2 Å². The van der Waals surface area contributed by atoms with Crippen molar-refractivity contribution < 1.29 is 22.7 Å². The lowest BCUT2D eigenvalue weighted by molar-refractivity contribution is -0.174. The number of hydrogen-bond donors (Lipinski definition) is 2. The third-order valence-corrected chi connectivity index (χ3v) is 4.42. The zero-order chi connectivity index (χ0) is 19.2. The first-order valence-corrected chi connectivity index (χ1v) is 8.80. The topological polar surface area (TPSA) is 53.6 Å². The molecular weight excluding hydrogens is 347 g/mol. The molecule has 146 valence electrons. The lowest BCUT2D eigenvalue weighted by Crippen LogP contribution is -2.40. The summed E-state index contributed by atoms with van der Waals surface area (Å²) < 4.78 is 40.8. The zero-order valence-electron chi connectivity index (χ0n) is 15.1. The van der Waals surface area contributed by atoms with Gasteiger partial charge in [0.15, 0.2) is 0 Å². The van der Waals surface area contributed by atoms with Crippen LogP contribution >= 0.6 is 0 Å². The first kappa shape index (κ1) is 20.4. The van der Waals surface area contributed by atoms with Crippen molar-refractivity contribution in [2.24, 2.45) is 0 Å². The Hall–Kier alpha value is -1.96. The molecule has 0 radical (unpaired) electrons. The predicted molar refractivity (Wildman–Crippen MR) is 95.6 cm³/mol. The van der Waals surface area contributed by atoms with E-state index in [1.807, 2.05) is 31.3 Å². The summed E-state index contributed by atoms with van der Waals surface area (Å²) in [5.41, 5.74) is 1.60. The fourth-order valence-electron chi connectivity index (χ4n) is 3.15. The number of hydrogen-bond acceptors (Lipinski definition) is 3. The number of anilines is 2. The smallest absolute Gasteiger partial charge is 0.370 e. The number of halogens is 3. The van der Waals surface area contributed by atoms with E-state index in [9.17, 15) is 18.0 Å². The average Bonchev–Trinajstić information content (AvgIpc) is 3.07. The molecular formula is C18H26F3N3O2. The average molecular weight is 373 g/mol. The number of alkyl halides is 3. The van der Waals surface area contributed by atoms with Crippen LogP contribution in [-0.2, 0) is 4.74 Å². The fraction of sp³-hybridized carbons (Fsp3) is 0.611. The summed E-state index contributed by atoms with van der Waals surface area (Å²) in [4.78, 5) is 14.3. The van der Waals surface area contributed by atoms with Gasteiger partial charge in [-0.1, -0.05) is 25.0 Å². The molecule has 1 aromatic rings. The van der Waals surface area contributed by atoms with Gasteiger partial charge in [0.25, 0.3) is 0 Å². The van der Waals surface area contributed by atoms with E-state index in [0.29, 0.717) is 11.7 Å². The Morgan fingerprint density at radius 2 is 1.96 bits per heavy atom. The van der Waals surface area contributed by atoms with Gasteiger partial charge in [-0.25, -0.2) is 4.79 Å². The first-order chi connectivity index (χ1) is 12.3. The van der Waals surface area contributed by atoms with Gasteiger partial charge in [0.2, 0.25) is 0 Å². The molecule has 1 aliphatic rings. The number of carbonyl (C=O) groups is 1. The quantitative estimate of drug-likeness (QED) is 0.755. The molecule has 0 spiro atoms. The summed E-state index contributed by atoms with van der Waals surface area (Å²) in [5.74, 6) is 0. The molecule has 0 saturated heterocycles. The number of para-hydroxylation sites is 2. The largest absolute Gasteiger partial charge is 0.411 e. The number of nitrogens with one attached hydrogen (secondary N) is 2. The summed E-state index contributed by atoms with van der Waals surface area (Å²) in [5, 5.41) is 5.37. The molecule has 1 saturated carbocycles. The van der Waals surface area contributed by atoms with Crippen molar-refractivity contribution in [3.05, 3.63) is 24.3 Å². The minimum atomic E-state index is -4.37. The van der Waals surface area contributed by atoms with Crippen LogP contribution in [0, 0.1) is 0 Å². The van der Waals surface area contributed by atoms with E-state index in [-0.39, 0.29) is 6.61 Å². The van der Waals surface area contributed by atoms with E-state index in [0.717, 1.165) is 18.5 Å². The van der Waals surface area contributed by atoms with Crippen molar-refractivity contribution in [3.63, 3.8) is 0 Å². The lowest BCUT2D eigenvalue weighted by atomic mass is 10.1. The van der Waals surface area contributed by atoms with Gasteiger partial charge in [-0.15, -0.1) is 0 Å². The predicted octanol–water partition coefficient (Wildman–Crippen LogP) is 4.15. The van der Waals surface area contributed by atoms with Gasteiger partial charge >= 0.3 is 12.2 Å². The Morgan fingerprint density at radius 3 is 2.62 bits per heavy atom. The van der Waals surface area contributed by atoms with E-state index < -0.39 is 24.9 Å². The second-order valence-electron chi connectivity index (χ2n) is 6.70. The number of rotatable bonds is 7. The van der Waals surface area contributed by atoms with E-state index in [4.69, 9.17) is 0 Å². The van der Waals surface area contributed by atoms with Crippen LogP contribution < -0.4 is 15.5 Å². The molecule has 0 heterocycles. The number of benzene rings is 1. The Bertz CT molecular complexity index is 589. The third kappa shape index (κ3) is 6.40. The Labute approximate surface area is 151 Å². The van der Waals surface area contributed by atoms with Crippen LogP contribution in [0.1, 0.15) is 32.6 Å². The second kappa shape index (κ2) is 9.12. The highest BCUT2D eigenvalue weighted by Gasteiger charge is 2.27. The number of carbonyl (C=O) groups excluding carboxylic acids is 1.